The molecule has 1 aliphatic heterocycles. The van der Waals surface area contributed by atoms with Crippen molar-refractivity contribution in [2.75, 3.05) is 47.2 Å². The molecule has 0 radical (unpaired) electrons. The zero-order valence-corrected chi connectivity index (χ0v) is 19.7. The van der Waals surface area contributed by atoms with Crippen molar-refractivity contribution in [2.24, 2.45) is 0 Å². The van der Waals surface area contributed by atoms with Crippen LogP contribution in [0.3, 0.4) is 0 Å². The largest absolute Gasteiger partial charge is 0.378 e. The number of carbonyl (C=O) groups is 2. The molecule has 10 heteroatoms. The topological polar surface area (TPSA) is 121 Å². The Bertz CT molecular complexity index is 1390. The number of benzene rings is 2. The lowest BCUT2D eigenvalue weighted by molar-refractivity contribution is -0.114. The molecule has 1 fully saturated rings. The molecule has 0 aliphatic carbocycles. The van der Waals surface area contributed by atoms with Gasteiger partial charge >= 0.3 is 6.03 Å². The summed E-state index contributed by atoms with van der Waals surface area (Å²) in [5, 5.41) is 8.27. The molecule has 1 saturated heterocycles. The van der Waals surface area contributed by atoms with Gasteiger partial charge in [-0.25, -0.2) is 14.8 Å². The van der Waals surface area contributed by atoms with Gasteiger partial charge in [-0.05, 0) is 60.7 Å². The first-order valence-corrected chi connectivity index (χ1v) is 11.6. The van der Waals surface area contributed by atoms with E-state index in [2.05, 4.69) is 25.8 Å². The number of urea groups is 1. The number of rotatable bonds is 5. The van der Waals surface area contributed by atoms with Gasteiger partial charge in [0.05, 0.1) is 18.7 Å². The molecule has 0 unspecified atom stereocenters. The Kier molecular flexibility index (Phi) is 6.67. The number of fused-ring (bicyclic) bond motifs is 1. The van der Waals surface area contributed by atoms with Gasteiger partial charge in [0.2, 0.25) is 5.91 Å². The van der Waals surface area contributed by atoms with Crippen molar-refractivity contribution in [1.82, 2.24) is 15.0 Å². The number of aromatic nitrogens is 3. The second-order valence-electron chi connectivity index (χ2n) is 8.26. The minimum atomic E-state index is -0.377. The Morgan fingerprint density at radius 3 is 2.08 bits per heavy atom. The first-order valence-electron chi connectivity index (χ1n) is 11.6. The van der Waals surface area contributed by atoms with Gasteiger partial charge in [0, 0.05) is 48.8 Å². The Balaban J connectivity index is 1.30. The van der Waals surface area contributed by atoms with Gasteiger partial charge in [0.25, 0.3) is 0 Å². The lowest BCUT2D eigenvalue weighted by Crippen LogP contribution is -2.37. The molecule has 0 atom stereocenters. The molecule has 36 heavy (non-hydrogen) atoms. The van der Waals surface area contributed by atoms with Crippen LogP contribution in [0.4, 0.5) is 27.7 Å². The number of anilines is 4. The molecular formula is C26H25N7O3. The molecule has 5 rings (SSSR count). The third kappa shape index (κ3) is 5.39. The summed E-state index contributed by atoms with van der Waals surface area (Å²) >= 11 is 0. The third-order valence-corrected chi connectivity index (χ3v) is 5.61. The van der Waals surface area contributed by atoms with E-state index in [1.54, 1.807) is 42.6 Å². The highest BCUT2D eigenvalue weighted by molar-refractivity contribution is 6.00. The summed E-state index contributed by atoms with van der Waals surface area (Å²) in [7, 11) is 0. The standard InChI is InChI=1S/C26H25N7O3/c1-17(34)28-19-8-10-21(11-9-19)30-26(35)29-20-6-4-18(5-7-20)24-31-22-3-2-12-27-23(22)25(32-24)33-13-15-36-16-14-33/h2-12H,13-16H2,1H3,(H,28,34)(H2,29,30,35). The molecule has 3 amide bonds. The van der Waals surface area contributed by atoms with Crippen molar-refractivity contribution in [3.8, 4) is 11.4 Å². The van der Waals surface area contributed by atoms with E-state index in [-0.39, 0.29) is 11.9 Å². The van der Waals surface area contributed by atoms with E-state index in [9.17, 15) is 9.59 Å². The Morgan fingerprint density at radius 1 is 0.833 bits per heavy atom. The zero-order valence-electron chi connectivity index (χ0n) is 19.7. The lowest BCUT2D eigenvalue weighted by Gasteiger charge is -2.28. The number of nitrogens with zero attached hydrogens (tertiary/aromatic N) is 4. The van der Waals surface area contributed by atoms with Crippen LogP contribution >= 0.6 is 0 Å². The normalized spacial score (nSPS) is 13.3. The highest BCUT2D eigenvalue weighted by Crippen LogP contribution is 2.27. The van der Waals surface area contributed by atoms with E-state index in [1.165, 1.54) is 6.92 Å². The summed E-state index contributed by atoms with van der Waals surface area (Å²) in [4.78, 5) is 39.8. The molecule has 2 aromatic carbocycles. The highest BCUT2D eigenvalue weighted by Gasteiger charge is 2.18. The summed E-state index contributed by atoms with van der Waals surface area (Å²) in [5.74, 6) is 1.23. The van der Waals surface area contributed by atoms with Crippen molar-refractivity contribution >= 4 is 45.9 Å². The SMILES string of the molecule is CC(=O)Nc1ccc(NC(=O)Nc2ccc(-c3nc(N4CCOCC4)c4ncccc4n3)cc2)cc1. The quantitative estimate of drug-likeness (QED) is 0.390. The molecule has 10 nitrogen and oxygen atoms in total. The predicted molar refractivity (Wildman–Crippen MR) is 139 cm³/mol. The van der Waals surface area contributed by atoms with Gasteiger partial charge < -0.3 is 25.6 Å². The molecule has 3 heterocycles. The van der Waals surface area contributed by atoms with Gasteiger partial charge in [0.1, 0.15) is 5.52 Å². The predicted octanol–water partition coefficient (Wildman–Crippen LogP) is 4.13. The Hall–Kier alpha value is -4.57. The number of ether oxygens (including phenoxy) is 1. The van der Waals surface area contributed by atoms with E-state index in [0.717, 1.165) is 35.5 Å². The van der Waals surface area contributed by atoms with E-state index in [4.69, 9.17) is 14.7 Å². The fraction of sp³-hybridized carbons (Fsp3) is 0.192. The van der Waals surface area contributed by atoms with E-state index in [1.807, 2.05) is 24.3 Å². The molecule has 2 aromatic heterocycles. The van der Waals surface area contributed by atoms with Crippen LogP contribution < -0.4 is 20.9 Å². The zero-order chi connectivity index (χ0) is 24.9. The second-order valence-corrected chi connectivity index (χ2v) is 8.26. The molecule has 1 aliphatic rings. The van der Waals surface area contributed by atoms with E-state index in [0.29, 0.717) is 36.1 Å². The van der Waals surface area contributed by atoms with Gasteiger partial charge in [0.15, 0.2) is 11.6 Å². The van der Waals surface area contributed by atoms with Gasteiger partial charge in [-0.2, -0.15) is 0 Å². The number of carbonyl (C=O) groups excluding carboxylic acids is 2. The first kappa shape index (κ1) is 23.2. The van der Waals surface area contributed by atoms with Gasteiger partial charge in [-0.15, -0.1) is 0 Å². The van der Waals surface area contributed by atoms with Crippen LogP contribution in [0.15, 0.2) is 66.9 Å². The molecule has 182 valence electrons. The third-order valence-electron chi connectivity index (χ3n) is 5.61. The molecule has 4 aromatic rings. The summed E-state index contributed by atoms with van der Waals surface area (Å²) in [6, 6.07) is 17.6. The minimum Gasteiger partial charge on any atom is -0.378 e. The van der Waals surface area contributed by atoms with Crippen molar-refractivity contribution < 1.29 is 14.3 Å². The second kappa shape index (κ2) is 10.4. The lowest BCUT2D eigenvalue weighted by atomic mass is 10.2. The molecule has 0 spiro atoms. The Morgan fingerprint density at radius 2 is 1.44 bits per heavy atom. The van der Waals surface area contributed by atoms with Crippen LogP contribution in [0.5, 0.6) is 0 Å². The van der Waals surface area contributed by atoms with E-state index < -0.39 is 0 Å². The van der Waals surface area contributed by atoms with Crippen molar-refractivity contribution in [3.05, 3.63) is 66.9 Å². The fourth-order valence-electron chi connectivity index (χ4n) is 3.91. The van der Waals surface area contributed by atoms with Crippen LogP contribution in [0.1, 0.15) is 6.92 Å². The summed E-state index contributed by atoms with van der Waals surface area (Å²) in [6.45, 7) is 4.23. The van der Waals surface area contributed by atoms with Crippen molar-refractivity contribution in [1.29, 1.82) is 0 Å². The van der Waals surface area contributed by atoms with E-state index >= 15 is 0 Å². The van der Waals surface area contributed by atoms with Gasteiger partial charge in [-0.3, -0.25) is 9.78 Å². The number of nitrogens with one attached hydrogen (secondary N) is 3. The number of hydrogen-bond acceptors (Lipinski definition) is 7. The monoisotopic (exact) mass is 483 g/mol. The first-order chi connectivity index (χ1) is 17.5. The number of pyridine rings is 1. The number of amides is 3. The molecule has 0 bridgehead atoms. The highest BCUT2D eigenvalue weighted by atomic mass is 16.5. The summed E-state index contributed by atoms with van der Waals surface area (Å²) in [5.41, 5.74) is 4.26. The van der Waals surface area contributed by atoms with Crippen molar-refractivity contribution in [2.45, 2.75) is 6.92 Å². The van der Waals surface area contributed by atoms with Crippen LogP contribution in [-0.4, -0.2) is 53.2 Å². The van der Waals surface area contributed by atoms with Crippen LogP contribution in [0.2, 0.25) is 0 Å². The minimum absolute atomic E-state index is 0.153. The summed E-state index contributed by atoms with van der Waals surface area (Å²) in [6.07, 6.45) is 1.75. The molecule has 3 N–H and O–H groups in total. The van der Waals surface area contributed by atoms with Crippen LogP contribution in [-0.2, 0) is 9.53 Å². The summed E-state index contributed by atoms with van der Waals surface area (Å²) < 4.78 is 5.49. The number of hydrogen-bond donors (Lipinski definition) is 3. The van der Waals surface area contributed by atoms with Gasteiger partial charge in [-0.1, -0.05) is 0 Å². The maximum absolute atomic E-state index is 12.4. The average Bonchev–Trinajstić information content (AvgIpc) is 2.90. The fourth-order valence-corrected chi connectivity index (χ4v) is 3.91. The Labute approximate surface area is 207 Å². The van der Waals surface area contributed by atoms with Crippen LogP contribution in [0.25, 0.3) is 22.4 Å². The number of morpholine rings is 1. The van der Waals surface area contributed by atoms with Crippen LogP contribution in [0, 0.1) is 0 Å². The maximum Gasteiger partial charge on any atom is 0.323 e. The average molecular weight is 484 g/mol. The van der Waals surface area contributed by atoms with Crippen molar-refractivity contribution in [3.63, 3.8) is 0 Å². The molecular weight excluding hydrogens is 458 g/mol. The maximum atomic E-state index is 12.4. The molecule has 0 saturated carbocycles. The smallest absolute Gasteiger partial charge is 0.323 e.